The highest BCUT2D eigenvalue weighted by Crippen LogP contribution is 2.60. The van der Waals surface area contributed by atoms with Gasteiger partial charge in [0.15, 0.2) is 23.9 Å². The third kappa shape index (κ3) is 7.04. The molecule has 0 spiro atoms. The molecule has 2 saturated heterocycles. The van der Waals surface area contributed by atoms with Crippen molar-refractivity contribution in [2.24, 2.45) is 5.73 Å². The van der Waals surface area contributed by atoms with Crippen LogP contribution in [-0.4, -0.2) is 128 Å². The van der Waals surface area contributed by atoms with Crippen LogP contribution in [0.15, 0.2) is 24.4 Å². The molecule has 5 rings (SSSR count). The van der Waals surface area contributed by atoms with Crippen LogP contribution in [-0.2, 0) is 36.8 Å². The van der Waals surface area contributed by atoms with E-state index in [1.54, 1.807) is 0 Å². The van der Waals surface area contributed by atoms with Crippen molar-refractivity contribution >= 4 is 38.5 Å². The zero-order chi connectivity index (χ0) is 32.8. The number of hydrogen-bond donors (Lipinski definition) is 9. The first kappa shape index (κ1) is 33.7. The van der Waals surface area contributed by atoms with Crippen molar-refractivity contribution in [3.05, 3.63) is 24.4 Å². The standard InChI is InChI=1S/C21H31N7O15P2/c22-17-12-19(25-6-24-17)28(7-26-12)21-16(33)14(31)10(42-21)5-40-45(37,38)43-44(35,36)39-4-9-13(30)15(32)20(41-9)27-3-8(18(23)34)1-2-11(27)29/h3,6-7,9-11,13-16,20-21,29-33H,1-2,4-5H2,(H2,23,34)(H,35,36)(H,37,38)(H2,22,24,25)/t9-,10-,11-,13-,14-,15-,16-,20-,21-/m1/s1. The molecule has 3 aliphatic rings. The normalized spacial score (nSPS) is 34.9. The van der Waals surface area contributed by atoms with E-state index in [1.165, 1.54) is 10.9 Å². The van der Waals surface area contributed by atoms with Gasteiger partial charge in [-0.15, -0.1) is 0 Å². The average Bonchev–Trinajstić information content (AvgIpc) is 3.61. The Morgan fingerprint density at radius 1 is 0.933 bits per heavy atom. The van der Waals surface area contributed by atoms with Crippen molar-refractivity contribution in [2.75, 3.05) is 18.9 Å². The lowest BCUT2D eigenvalue weighted by Crippen LogP contribution is -2.48. The first-order valence-electron chi connectivity index (χ1n) is 13.2. The van der Waals surface area contributed by atoms with E-state index in [9.17, 15) is 49.2 Å². The van der Waals surface area contributed by atoms with Gasteiger partial charge in [0.05, 0.1) is 19.5 Å². The number of aliphatic hydroxyl groups excluding tert-OH is 5. The third-order valence-corrected chi connectivity index (χ3v) is 9.88. The highest BCUT2D eigenvalue weighted by atomic mass is 31.3. The number of carbonyl (C=O) groups excluding carboxylic acids is 1. The lowest BCUT2D eigenvalue weighted by Gasteiger charge is -2.36. The van der Waals surface area contributed by atoms with Crippen LogP contribution in [0.1, 0.15) is 19.1 Å². The number of fused-ring (bicyclic) bond motifs is 1. The van der Waals surface area contributed by atoms with E-state index in [0.29, 0.717) is 0 Å². The topological polar surface area (TPSA) is 338 Å². The minimum Gasteiger partial charge on any atom is -0.387 e. The van der Waals surface area contributed by atoms with Crippen molar-refractivity contribution in [1.29, 1.82) is 0 Å². The minimum atomic E-state index is -5.41. The third-order valence-electron chi connectivity index (χ3n) is 7.28. The van der Waals surface area contributed by atoms with Crippen LogP contribution in [0.3, 0.4) is 0 Å². The fraction of sp³-hybridized carbons (Fsp3) is 0.619. The lowest BCUT2D eigenvalue weighted by atomic mass is 10.0. The van der Waals surface area contributed by atoms with Crippen LogP contribution in [0.5, 0.6) is 0 Å². The summed E-state index contributed by atoms with van der Waals surface area (Å²) in [4.78, 5) is 44.5. The molecule has 11 atom stereocenters. The Balaban J connectivity index is 1.15. The van der Waals surface area contributed by atoms with E-state index < -0.39 is 90.1 Å². The number of aromatic nitrogens is 4. The number of amides is 1. The second-order valence-corrected chi connectivity index (χ2v) is 13.3. The second kappa shape index (κ2) is 12.9. The number of nitrogens with two attached hydrogens (primary N) is 2. The van der Waals surface area contributed by atoms with Gasteiger partial charge >= 0.3 is 15.6 Å². The largest absolute Gasteiger partial charge is 0.481 e. The predicted molar refractivity (Wildman–Crippen MR) is 143 cm³/mol. The number of carbonyl (C=O) groups is 1. The minimum absolute atomic E-state index is 0.0439. The van der Waals surface area contributed by atoms with Crippen molar-refractivity contribution in [3.63, 3.8) is 0 Å². The molecule has 2 aromatic rings. The molecular weight excluding hydrogens is 652 g/mol. The Labute approximate surface area is 252 Å². The summed E-state index contributed by atoms with van der Waals surface area (Å²) in [5.41, 5.74) is 11.5. The molecule has 1 amide bonds. The molecule has 11 N–H and O–H groups in total. The zero-order valence-corrected chi connectivity index (χ0v) is 24.7. The Kier molecular flexibility index (Phi) is 9.63. The van der Waals surface area contributed by atoms with E-state index >= 15 is 0 Å². The molecule has 0 aliphatic carbocycles. The number of imidazole rings is 1. The zero-order valence-electron chi connectivity index (χ0n) is 22.9. The van der Waals surface area contributed by atoms with Crippen LogP contribution in [0.4, 0.5) is 5.82 Å². The van der Waals surface area contributed by atoms with Crippen LogP contribution < -0.4 is 11.5 Å². The van der Waals surface area contributed by atoms with Crippen LogP contribution in [0.2, 0.25) is 0 Å². The average molecular weight is 683 g/mol. The number of nitrogens with zero attached hydrogens (tertiary/aromatic N) is 5. The van der Waals surface area contributed by atoms with Crippen LogP contribution in [0.25, 0.3) is 11.2 Å². The number of primary amides is 1. The van der Waals surface area contributed by atoms with Gasteiger partial charge in [-0.05, 0) is 12.8 Å². The van der Waals surface area contributed by atoms with Gasteiger partial charge in [-0.3, -0.25) is 18.4 Å². The Morgan fingerprint density at radius 2 is 1.51 bits per heavy atom. The Hall–Kier alpha value is -2.66. The van der Waals surface area contributed by atoms with Gasteiger partial charge in [0, 0.05) is 11.8 Å². The first-order chi connectivity index (χ1) is 21.1. The number of nitrogen functional groups attached to an aromatic ring is 1. The summed E-state index contributed by atoms with van der Waals surface area (Å²) in [6.07, 6.45) is -9.86. The van der Waals surface area contributed by atoms with E-state index in [0.717, 1.165) is 17.4 Å². The molecule has 0 radical (unpaired) electrons. The van der Waals surface area contributed by atoms with E-state index in [-0.39, 0.29) is 35.4 Å². The predicted octanol–water partition coefficient (Wildman–Crippen LogP) is -3.49. The summed E-state index contributed by atoms with van der Waals surface area (Å²) in [6.45, 7) is -1.87. The van der Waals surface area contributed by atoms with Crippen molar-refractivity contribution in [1.82, 2.24) is 24.4 Å². The summed E-state index contributed by atoms with van der Waals surface area (Å²) in [5.74, 6) is -0.728. The molecule has 3 aliphatic heterocycles. The van der Waals surface area contributed by atoms with Crippen molar-refractivity contribution in [3.8, 4) is 0 Å². The molecule has 22 nitrogen and oxygen atoms in total. The lowest BCUT2D eigenvalue weighted by molar-refractivity contribution is -0.137. The molecule has 0 bridgehead atoms. The molecule has 2 aromatic heterocycles. The number of phosphoric acid groups is 2. The van der Waals surface area contributed by atoms with Gasteiger partial charge < -0.3 is 61.2 Å². The number of aliphatic hydroxyl groups is 5. The van der Waals surface area contributed by atoms with Gasteiger partial charge in [0.25, 0.3) is 0 Å². The van der Waals surface area contributed by atoms with Gasteiger partial charge in [0.1, 0.15) is 54.7 Å². The molecule has 2 fully saturated rings. The maximum atomic E-state index is 12.4. The van der Waals surface area contributed by atoms with Crippen LogP contribution in [0, 0.1) is 0 Å². The quantitative estimate of drug-likeness (QED) is 0.104. The van der Waals surface area contributed by atoms with Gasteiger partial charge in [0.2, 0.25) is 5.91 Å². The maximum Gasteiger partial charge on any atom is 0.481 e. The number of hydrogen-bond acceptors (Lipinski definition) is 18. The second-order valence-electron chi connectivity index (χ2n) is 10.3. The molecule has 0 aromatic carbocycles. The Bertz CT molecular complexity index is 1550. The Morgan fingerprint density at radius 3 is 2.11 bits per heavy atom. The monoisotopic (exact) mass is 683 g/mol. The van der Waals surface area contributed by atoms with Gasteiger partial charge in [-0.25, -0.2) is 24.1 Å². The van der Waals surface area contributed by atoms with E-state index in [1.807, 2.05) is 0 Å². The highest BCUT2D eigenvalue weighted by Gasteiger charge is 2.49. The summed E-state index contributed by atoms with van der Waals surface area (Å²) >= 11 is 0. The molecule has 45 heavy (non-hydrogen) atoms. The van der Waals surface area contributed by atoms with E-state index in [4.69, 9.17) is 25.5 Å². The van der Waals surface area contributed by atoms with Crippen molar-refractivity contribution in [2.45, 2.75) is 68.1 Å². The molecule has 2 unspecified atom stereocenters. The van der Waals surface area contributed by atoms with Crippen molar-refractivity contribution < 1.29 is 72.1 Å². The smallest absolute Gasteiger partial charge is 0.387 e. The summed E-state index contributed by atoms with van der Waals surface area (Å²) in [6, 6.07) is 0. The molecule has 0 saturated carbocycles. The van der Waals surface area contributed by atoms with Crippen LogP contribution >= 0.6 is 15.6 Å². The molecule has 250 valence electrons. The molecular formula is C21H31N7O15P2. The summed E-state index contributed by atoms with van der Waals surface area (Å²) in [7, 11) is -10.8. The first-order valence-corrected chi connectivity index (χ1v) is 16.2. The fourth-order valence-corrected chi connectivity index (χ4v) is 7.06. The number of anilines is 1. The maximum absolute atomic E-state index is 12.4. The molecule has 5 heterocycles. The SMILES string of the molecule is NC(=O)C1=CN([C@@H]2O[C@H](COP(=O)(O)OP(=O)(O)OC[C@H]3O[C@@H](n4cnc5c(N)ncnc54)[C@H](O)[C@@H]3O)[C@@H](O)[C@H]2O)[C@H](O)CC1. The fourth-order valence-electron chi connectivity index (χ4n) is 4.97. The summed E-state index contributed by atoms with van der Waals surface area (Å²) in [5, 5.41) is 52.0. The highest BCUT2D eigenvalue weighted by molar-refractivity contribution is 7.61. The van der Waals surface area contributed by atoms with Gasteiger partial charge in [-0.1, -0.05) is 0 Å². The number of ether oxygens (including phenoxy) is 2. The summed E-state index contributed by atoms with van der Waals surface area (Å²) < 4.78 is 50.8. The number of phosphoric ester groups is 2. The van der Waals surface area contributed by atoms with E-state index in [2.05, 4.69) is 23.8 Å². The molecule has 24 heteroatoms. The van der Waals surface area contributed by atoms with Gasteiger partial charge in [-0.2, -0.15) is 4.31 Å². The number of rotatable bonds is 11.